The third kappa shape index (κ3) is 2.58. The van der Waals surface area contributed by atoms with Gasteiger partial charge < -0.3 is 10.0 Å². The summed E-state index contributed by atoms with van der Waals surface area (Å²) in [5.74, 6) is -1.44. The normalized spacial score (nSPS) is 19.8. The summed E-state index contributed by atoms with van der Waals surface area (Å²) in [5, 5.41) is 10.9. The first-order valence-electron chi connectivity index (χ1n) is 6.92. The van der Waals surface area contributed by atoms with Crippen LogP contribution in [-0.2, 0) is 10.4 Å². The van der Waals surface area contributed by atoms with Gasteiger partial charge in [0, 0.05) is 22.6 Å². The number of amides is 1. The van der Waals surface area contributed by atoms with E-state index in [9.17, 15) is 19.1 Å². The maximum atomic E-state index is 13.0. The molecule has 0 fully saturated rings. The number of rotatable bonds is 3. The number of likely N-dealkylation sites (N-methyl/N-ethyl adjacent to an activating group) is 1. The highest BCUT2D eigenvalue weighted by molar-refractivity contribution is 9.10. The minimum atomic E-state index is -1.92. The van der Waals surface area contributed by atoms with Gasteiger partial charge in [0.2, 0.25) is 0 Å². The Kier molecular flexibility index (Phi) is 3.82. The first kappa shape index (κ1) is 15.8. The molecule has 0 unspecified atom stereocenters. The molecular formula is C17H13BrFNO3. The molecule has 1 aliphatic heterocycles. The van der Waals surface area contributed by atoms with Crippen molar-refractivity contribution in [1.29, 1.82) is 0 Å². The van der Waals surface area contributed by atoms with E-state index in [2.05, 4.69) is 15.9 Å². The van der Waals surface area contributed by atoms with E-state index in [0.29, 0.717) is 15.7 Å². The number of carbonyl (C=O) groups excluding carboxylic acids is 2. The third-order valence-corrected chi connectivity index (χ3v) is 4.50. The van der Waals surface area contributed by atoms with Gasteiger partial charge in [-0.15, -0.1) is 0 Å². The molecule has 4 nitrogen and oxygen atoms in total. The lowest BCUT2D eigenvalue weighted by Gasteiger charge is -2.21. The highest BCUT2D eigenvalue weighted by Crippen LogP contribution is 2.43. The zero-order valence-corrected chi connectivity index (χ0v) is 13.8. The van der Waals surface area contributed by atoms with Gasteiger partial charge in [-0.3, -0.25) is 9.59 Å². The number of hydrogen-bond donors (Lipinski definition) is 1. The van der Waals surface area contributed by atoms with E-state index in [4.69, 9.17) is 0 Å². The molecule has 3 rings (SSSR count). The molecule has 1 N–H and O–H groups in total. The van der Waals surface area contributed by atoms with Crippen molar-refractivity contribution < 1.29 is 19.1 Å². The topological polar surface area (TPSA) is 57.6 Å². The van der Waals surface area contributed by atoms with E-state index in [1.54, 1.807) is 25.2 Å². The van der Waals surface area contributed by atoms with E-state index in [-0.39, 0.29) is 5.56 Å². The smallest absolute Gasteiger partial charge is 0.263 e. The number of ketones is 1. The van der Waals surface area contributed by atoms with Gasteiger partial charge in [-0.25, -0.2) is 4.39 Å². The maximum Gasteiger partial charge on any atom is 0.263 e. The van der Waals surface area contributed by atoms with Crippen molar-refractivity contribution in [2.24, 2.45) is 0 Å². The molecule has 0 saturated carbocycles. The lowest BCUT2D eigenvalue weighted by Crippen LogP contribution is -2.40. The fourth-order valence-corrected chi connectivity index (χ4v) is 3.14. The summed E-state index contributed by atoms with van der Waals surface area (Å²) in [5.41, 5.74) is -0.722. The summed E-state index contributed by atoms with van der Waals surface area (Å²) in [4.78, 5) is 26.2. The number of benzene rings is 2. The standard InChI is InChI=1S/C17H13BrFNO3/c1-20-14-7-4-11(18)8-13(14)17(23,16(20)22)9-15(21)10-2-5-12(19)6-3-10/h2-8,23H,9H2,1H3/t17-/m1/s1. The van der Waals surface area contributed by atoms with Crippen molar-refractivity contribution in [2.45, 2.75) is 12.0 Å². The molecule has 1 atom stereocenters. The zero-order chi connectivity index (χ0) is 16.8. The van der Waals surface area contributed by atoms with Crippen LogP contribution in [0.1, 0.15) is 22.3 Å². The SMILES string of the molecule is CN1C(=O)[C@@](O)(CC(=O)c2ccc(F)cc2)c2cc(Br)ccc21. The molecule has 0 spiro atoms. The van der Waals surface area contributed by atoms with E-state index in [1.807, 2.05) is 0 Å². The van der Waals surface area contributed by atoms with Crippen molar-refractivity contribution in [3.8, 4) is 0 Å². The summed E-state index contributed by atoms with van der Waals surface area (Å²) in [6, 6.07) is 10.1. The van der Waals surface area contributed by atoms with Crippen molar-refractivity contribution >= 4 is 33.3 Å². The second-order valence-electron chi connectivity index (χ2n) is 5.49. The van der Waals surface area contributed by atoms with Crippen LogP contribution in [0.5, 0.6) is 0 Å². The van der Waals surface area contributed by atoms with E-state index < -0.39 is 29.5 Å². The largest absolute Gasteiger partial charge is 0.375 e. The van der Waals surface area contributed by atoms with Crippen molar-refractivity contribution in [1.82, 2.24) is 0 Å². The summed E-state index contributed by atoms with van der Waals surface area (Å²) in [6.45, 7) is 0. The Morgan fingerprint density at radius 2 is 1.91 bits per heavy atom. The molecule has 1 amide bonds. The molecule has 0 radical (unpaired) electrons. The van der Waals surface area contributed by atoms with Crippen LogP contribution in [0, 0.1) is 5.82 Å². The third-order valence-electron chi connectivity index (χ3n) is 4.01. The van der Waals surface area contributed by atoms with Crippen LogP contribution in [0.25, 0.3) is 0 Å². The molecule has 2 aromatic carbocycles. The highest BCUT2D eigenvalue weighted by Gasteiger charge is 2.49. The van der Waals surface area contributed by atoms with Crippen LogP contribution in [0.3, 0.4) is 0 Å². The fourth-order valence-electron chi connectivity index (χ4n) is 2.78. The molecule has 1 aliphatic rings. The van der Waals surface area contributed by atoms with Crippen molar-refractivity contribution in [3.63, 3.8) is 0 Å². The average Bonchev–Trinajstić information content (AvgIpc) is 2.70. The van der Waals surface area contributed by atoms with Gasteiger partial charge in [0.1, 0.15) is 5.82 Å². The number of fused-ring (bicyclic) bond motifs is 1. The van der Waals surface area contributed by atoms with Gasteiger partial charge in [-0.1, -0.05) is 15.9 Å². The molecule has 1 heterocycles. The van der Waals surface area contributed by atoms with Crippen molar-refractivity contribution in [2.75, 3.05) is 11.9 Å². The summed E-state index contributed by atoms with van der Waals surface area (Å²) >= 11 is 3.31. The Hall–Kier alpha value is -2.05. The van der Waals surface area contributed by atoms with Gasteiger partial charge in [-0.05, 0) is 42.5 Å². The van der Waals surface area contributed by atoms with Gasteiger partial charge in [0.05, 0.1) is 12.1 Å². The zero-order valence-electron chi connectivity index (χ0n) is 12.2. The van der Waals surface area contributed by atoms with Crippen LogP contribution >= 0.6 is 15.9 Å². The number of carbonyl (C=O) groups is 2. The minimum absolute atomic E-state index is 0.249. The van der Waals surface area contributed by atoms with Crippen LogP contribution in [0.15, 0.2) is 46.9 Å². The summed E-state index contributed by atoms with van der Waals surface area (Å²) < 4.78 is 13.7. The quantitative estimate of drug-likeness (QED) is 0.836. The lowest BCUT2D eigenvalue weighted by molar-refractivity contribution is -0.135. The van der Waals surface area contributed by atoms with E-state index in [1.165, 1.54) is 29.2 Å². The molecule has 118 valence electrons. The van der Waals surface area contributed by atoms with Gasteiger partial charge >= 0.3 is 0 Å². The monoisotopic (exact) mass is 377 g/mol. The first-order chi connectivity index (χ1) is 10.8. The predicted octanol–water partition coefficient (Wildman–Crippen LogP) is 3.03. The summed E-state index contributed by atoms with van der Waals surface area (Å²) in [7, 11) is 1.55. The second-order valence-corrected chi connectivity index (χ2v) is 6.41. The van der Waals surface area contributed by atoms with Gasteiger partial charge in [-0.2, -0.15) is 0 Å². The molecule has 0 bridgehead atoms. The van der Waals surface area contributed by atoms with E-state index in [0.717, 1.165) is 0 Å². The van der Waals surface area contributed by atoms with Crippen LogP contribution in [-0.4, -0.2) is 23.8 Å². The van der Waals surface area contributed by atoms with Gasteiger partial charge in [0.25, 0.3) is 5.91 Å². The number of nitrogens with zero attached hydrogens (tertiary/aromatic N) is 1. The number of aliphatic hydroxyl groups is 1. The Morgan fingerprint density at radius 1 is 1.26 bits per heavy atom. The van der Waals surface area contributed by atoms with Crippen LogP contribution < -0.4 is 4.90 Å². The average molecular weight is 378 g/mol. The fraction of sp³-hybridized carbons (Fsp3) is 0.176. The summed E-state index contributed by atoms with van der Waals surface area (Å²) in [6.07, 6.45) is -0.398. The predicted molar refractivity (Wildman–Crippen MR) is 86.8 cm³/mol. The molecule has 0 aliphatic carbocycles. The molecule has 6 heteroatoms. The van der Waals surface area contributed by atoms with Crippen LogP contribution in [0.4, 0.5) is 10.1 Å². The molecule has 2 aromatic rings. The van der Waals surface area contributed by atoms with Crippen LogP contribution in [0.2, 0.25) is 0 Å². The number of anilines is 1. The molecule has 23 heavy (non-hydrogen) atoms. The number of hydrogen-bond acceptors (Lipinski definition) is 3. The first-order valence-corrected chi connectivity index (χ1v) is 7.71. The van der Waals surface area contributed by atoms with Crippen molar-refractivity contribution in [3.05, 3.63) is 63.9 Å². The second kappa shape index (κ2) is 5.54. The Labute approximate surface area is 140 Å². The minimum Gasteiger partial charge on any atom is -0.375 e. The Balaban J connectivity index is 1.98. The number of Topliss-reactive ketones (excluding diaryl/α,β-unsaturated/α-hetero) is 1. The molecule has 0 aromatic heterocycles. The molecule has 0 saturated heterocycles. The maximum absolute atomic E-state index is 13.0. The van der Waals surface area contributed by atoms with E-state index >= 15 is 0 Å². The molecular weight excluding hydrogens is 365 g/mol. The number of halogens is 2. The van der Waals surface area contributed by atoms with Gasteiger partial charge in [0.15, 0.2) is 11.4 Å². The Bertz CT molecular complexity index is 806. The Morgan fingerprint density at radius 3 is 2.57 bits per heavy atom. The highest BCUT2D eigenvalue weighted by atomic mass is 79.9. The lowest BCUT2D eigenvalue weighted by atomic mass is 9.88.